The number of nitrogens with one attached hydrogen (secondary N) is 1. The Morgan fingerprint density at radius 3 is 2.28 bits per heavy atom. The molecule has 3 aromatic carbocycles. The second-order valence-corrected chi connectivity index (χ2v) is 8.56. The number of hydrogen-bond acceptors (Lipinski definition) is 3. The van der Waals surface area contributed by atoms with Crippen LogP contribution in [0.4, 0.5) is 11.4 Å². The van der Waals surface area contributed by atoms with Crippen molar-refractivity contribution < 1.29 is 14.3 Å². The maximum atomic E-state index is 12.8. The van der Waals surface area contributed by atoms with Gasteiger partial charge in [0.1, 0.15) is 11.5 Å². The lowest BCUT2D eigenvalue weighted by Crippen LogP contribution is -2.28. The average Bonchev–Trinajstić information content (AvgIpc) is 3.14. The number of ether oxygens (including phenoxy) is 1. The summed E-state index contributed by atoms with van der Waals surface area (Å²) in [5.41, 5.74) is 6.14. The van der Waals surface area contributed by atoms with Gasteiger partial charge in [-0.1, -0.05) is 23.8 Å². The highest BCUT2D eigenvalue weighted by atomic mass is 16.5. The third-order valence-electron chi connectivity index (χ3n) is 5.97. The van der Waals surface area contributed by atoms with Crippen LogP contribution in [0.15, 0.2) is 60.7 Å². The molecule has 0 aliphatic carbocycles. The summed E-state index contributed by atoms with van der Waals surface area (Å²) in [6, 6.07) is 19.3. The van der Waals surface area contributed by atoms with E-state index in [2.05, 4.69) is 25.2 Å². The van der Waals surface area contributed by atoms with Crippen molar-refractivity contribution in [1.29, 1.82) is 0 Å². The van der Waals surface area contributed by atoms with Gasteiger partial charge in [0, 0.05) is 24.3 Å². The van der Waals surface area contributed by atoms with Gasteiger partial charge in [-0.05, 0) is 86.8 Å². The summed E-state index contributed by atoms with van der Waals surface area (Å²) in [4.78, 5) is 27.1. The highest BCUT2D eigenvalue weighted by molar-refractivity contribution is 6.03. The van der Waals surface area contributed by atoms with Crippen molar-refractivity contribution >= 4 is 23.2 Å². The maximum Gasteiger partial charge on any atom is 0.229 e. The van der Waals surface area contributed by atoms with E-state index < -0.39 is 0 Å². The lowest BCUT2D eigenvalue weighted by molar-refractivity contribution is -0.122. The van der Waals surface area contributed by atoms with Crippen LogP contribution < -0.4 is 15.0 Å². The number of rotatable bonds is 5. The highest BCUT2D eigenvalue weighted by Crippen LogP contribution is 2.30. The van der Waals surface area contributed by atoms with Gasteiger partial charge in [0.05, 0.1) is 5.92 Å². The molecule has 0 unspecified atom stereocenters. The van der Waals surface area contributed by atoms with E-state index in [1.807, 2.05) is 68.4 Å². The molecule has 0 saturated carbocycles. The van der Waals surface area contributed by atoms with Gasteiger partial charge in [-0.15, -0.1) is 0 Å². The van der Waals surface area contributed by atoms with E-state index in [0.717, 1.165) is 22.6 Å². The van der Waals surface area contributed by atoms with Gasteiger partial charge in [-0.25, -0.2) is 0 Å². The highest BCUT2D eigenvalue weighted by Gasteiger charge is 2.35. The fourth-order valence-corrected chi connectivity index (χ4v) is 3.99. The molecule has 0 bridgehead atoms. The molecule has 3 aromatic rings. The van der Waals surface area contributed by atoms with Crippen molar-refractivity contribution in [3.63, 3.8) is 0 Å². The van der Waals surface area contributed by atoms with Crippen LogP contribution in [0.3, 0.4) is 0 Å². The lowest BCUT2D eigenvalue weighted by Gasteiger charge is -2.19. The van der Waals surface area contributed by atoms with Crippen LogP contribution in [-0.2, 0) is 9.59 Å². The van der Waals surface area contributed by atoms with Crippen LogP contribution in [0.25, 0.3) is 0 Å². The summed E-state index contributed by atoms with van der Waals surface area (Å²) < 4.78 is 5.91. The molecule has 1 N–H and O–H groups in total. The zero-order valence-electron chi connectivity index (χ0n) is 18.9. The number of hydrogen-bond donors (Lipinski definition) is 1. The Kier molecular flexibility index (Phi) is 5.99. The molecule has 1 fully saturated rings. The van der Waals surface area contributed by atoms with Gasteiger partial charge in [-0.2, -0.15) is 0 Å². The molecule has 1 atom stereocenters. The Labute approximate surface area is 189 Å². The van der Waals surface area contributed by atoms with Crippen LogP contribution >= 0.6 is 0 Å². The van der Waals surface area contributed by atoms with E-state index in [0.29, 0.717) is 18.0 Å². The minimum absolute atomic E-state index is 0.0192. The Morgan fingerprint density at radius 1 is 0.875 bits per heavy atom. The Hall–Kier alpha value is -3.60. The largest absolute Gasteiger partial charge is 0.457 e. The lowest BCUT2D eigenvalue weighted by atomic mass is 10.1. The number of benzene rings is 3. The first-order valence-corrected chi connectivity index (χ1v) is 10.8. The molecule has 2 amide bonds. The van der Waals surface area contributed by atoms with E-state index in [4.69, 9.17) is 4.74 Å². The van der Waals surface area contributed by atoms with Crippen molar-refractivity contribution in [2.45, 2.75) is 34.1 Å². The van der Waals surface area contributed by atoms with E-state index in [-0.39, 0.29) is 24.2 Å². The van der Waals surface area contributed by atoms with Crippen LogP contribution in [0.5, 0.6) is 11.5 Å². The van der Waals surface area contributed by atoms with Gasteiger partial charge in [0.2, 0.25) is 11.8 Å². The zero-order valence-corrected chi connectivity index (χ0v) is 18.9. The van der Waals surface area contributed by atoms with Crippen molar-refractivity contribution in [2.24, 2.45) is 5.92 Å². The number of carbonyl (C=O) groups is 2. The van der Waals surface area contributed by atoms with E-state index in [1.54, 1.807) is 4.90 Å². The molecular weight excluding hydrogens is 400 g/mol. The Balaban J connectivity index is 1.38. The standard InChI is InChI=1S/C27H28N2O3/c1-17-5-12-25(20(4)13-17)29-16-21(15-26(29)30)27(31)28-22-7-10-23(11-8-22)32-24-9-6-18(2)19(3)14-24/h5-14,21H,15-16H2,1-4H3,(H,28,31)/t21-/m1/s1. The minimum atomic E-state index is -0.380. The topological polar surface area (TPSA) is 58.6 Å². The molecule has 1 aliphatic rings. The van der Waals surface area contributed by atoms with E-state index in [1.165, 1.54) is 11.1 Å². The third kappa shape index (κ3) is 4.67. The van der Waals surface area contributed by atoms with Crippen molar-refractivity contribution in [1.82, 2.24) is 0 Å². The quantitative estimate of drug-likeness (QED) is 0.567. The zero-order chi connectivity index (χ0) is 22.8. The SMILES string of the molecule is Cc1ccc(N2C[C@H](C(=O)Nc3ccc(Oc4ccc(C)c(C)c4)cc3)CC2=O)c(C)c1. The first kappa shape index (κ1) is 21.6. The van der Waals surface area contributed by atoms with Crippen molar-refractivity contribution in [3.05, 3.63) is 82.9 Å². The van der Waals surface area contributed by atoms with Gasteiger partial charge in [0.15, 0.2) is 0 Å². The van der Waals surface area contributed by atoms with Crippen molar-refractivity contribution in [3.8, 4) is 11.5 Å². The second kappa shape index (κ2) is 8.87. The Morgan fingerprint density at radius 2 is 1.59 bits per heavy atom. The fraction of sp³-hybridized carbons (Fsp3) is 0.259. The summed E-state index contributed by atoms with van der Waals surface area (Å²) in [6.07, 6.45) is 0.215. The summed E-state index contributed by atoms with van der Waals surface area (Å²) in [5, 5.41) is 2.93. The number of nitrogens with zero attached hydrogens (tertiary/aromatic N) is 1. The van der Waals surface area contributed by atoms with Gasteiger partial charge >= 0.3 is 0 Å². The molecule has 4 rings (SSSR count). The molecule has 32 heavy (non-hydrogen) atoms. The first-order valence-electron chi connectivity index (χ1n) is 10.8. The predicted octanol–water partition coefficient (Wildman–Crippen LogP) is 5.70. The van der Waals surface area contributed by atoms with E-state index in [9.17, 15) is 9.59 Å². The van der Waals surface area contributed by atoms with E-state index >= 15 is 0 Å². The number of carbonyl (C=O) groups excluding carboxylic acids is 2. The summed E-state index contributed by atoms with van der Waals surface area (Å²) in [7, 11) is 0. The number of anilines is 2. The molecule has 5 heteroatoms. The monoisotopic (exact) mass is 428 g/mol. The summed E-state index contributed by atoms with van der Waals surface area (Å²) in [5.74, 6) is 0.932. The van der Waals surface area contributed by atoms with Gasteiger partial charge < -0.3 is 15.0 Å². The normalized spacial score (nSPS) is 15.7. The molecule has 0 radical (unpaired) electrons. The number of amides is 2. The smallest absolute Gasteiger partial charge is 0.229 e. The van der Waals surface area contributed by atoms with Crippen LogP contribution in [-0.4, -0.2) is 18.4 Å². The van der Waals surface area contributed by atoms with Crippen molar-refractivity contribution in [2.75, 3.05) is 16.8 Å². The molecule has 0 spiro atoms. The molecule has 0 aromatic heterocycles. The predicted molar refractivity (Wildman–Crippen MR) is 127 cm³/mol. The molecular formula is C27H28N2O3. The third-order valence-corrected chi connectivity index (χ3v) is 5.97. The fourth-order valence-electron chi connectivity index (χ4n) is 3.99. The minimum Gasteiger partial charge on any atom is -0.457 e. The van der Waals surface area contributed by atoms with Crippen LogP contribution in [0.1, 0.15) is 28.7 Å². The summed E-state index contributed by atoms with van der Waals surface area (Å²) >= 11 is 0. The Bertz CT molecular complexity index is 1170. The van der Waals surface area contributed by atoms with Crippen LogP contribution in [0, 0.1) is 33.6 Å². The van der Waals surface area contributed by atoms with Gasteiger partial charge in [0.25, 0.3) is 0 Å². The maximum absolute atomic E-state index is 12.8. The van der Waals surface area contributed by atoms with Gasteiger partial charge in [-0.3, -0.25) is 9.59 Å². The molecule has 164 valence electrons. The molecule has 1 aliphatic heterocycles. The molecule has 1 saturated heterocycles. The number of aryl methyl sites for hydroxylation is 4. The van der Waals surface area contributed by atoms with Crippen LogP contribution in [0.2, 0.25) is 0 Å². The average molecular weight is 429 g/mol. The summed E-state index contributed by atoms with van der Waals surface area (Å²) in [6.45, 7) is 8.52. The first-order chi connectivity index (χ1) is 15.3. The molecule has 1 heterocycles. The second-order valence-electron chi connectivity index (χ2n) is 8.56. The molecule has 5 nitrogen and oxygen atoms in total.